The lowest BCUT2D eigenvalue weighted by atomic mass is 10.2. The van der Waals surface area contributed by atoms with E-state index < -0.39 is 17.6 Å². The standard InChI is InChI=1S/C14H20NO3/c1-14(2,3)18-13(16)12(15)9-10-17-11-7-5-4-6-8-11/h4-5,7-8,12H,9-10,15H2,1-3H3. The number of benzene rings is 1. The average Bonchev–Trinajstić information content (AvgIpc) is 2.28. The van der Waals surface area contributed by atoms with E-state index in [1.54, 1.807) is 12.1 Å². The van der Waals surface area contributed by atoms with Crippen molar-refractivity contribution in [3.05, 3.63) is 30.3 Å². The van der Waals surface area contributed by atoms with E-state index in [4.69, 9.17) is 15.2 Å². The van der Waals surface area contributed by atoms with Crippen LogP contribution in [0.15, 0.2) is 24.3 Å². The number of hydrogen-bond acceptors (Lipinski definition) is 4. The molecule has 1 unspecified atom stereocenters. The third-order valence-electron chi connectivity index (χ3n) is 2.09. The zero-order valence-electron chi connectivity index (χ0n) is 11.1. The first-order chi connectivity index (χ1) is 8.38. The van der Waals surface area contributed by atoms with Crippen LogP contribution in [-0.2, 0) is 9.53 Å². The lowest BCUT2D eigenvalue weighted by molar-refractivity contribution is -0.156. The molecule has 0 saturated carbocycles. The topological polar surface area (TPSA) is 61.5 Å². The first kappa shape index (κ1) is 14.5. The highest BCUT2D eigenvalue weighted by atomic mass is 16.6. The van der Waals surface area contributed by atoms with Crippen LogP contribution in [0.3, 0.4) is 0 Å². The van der Waals surface area contributed by atoms with Crippen LogP contribution < -0.4 is 10.5 Å². The minimum absolute atomic E-state index is 0.373. The second kappa shape index (κ2) is 6.40. The van der Waals surface area contributed by atoms with Crippen LogP contribution in [-0.4, -0.2) is 24.2 Å². The summed E-state index contributed by atoms with van der Waals surface area (Å²) in [6, 6.07) is 9.44. The number of carbonyl (C=O) groups excluding carboxylic acids is 1. The summed E-state index contributed by atoms with van der Waals surface area (Å²) < 4.78 is 10.6. The Kier molecular flexibility index (Phi) is 5.16. The minimum atomic E-state index is -0.656. The van der Waals surface area contributed by atoms with Gasteiger partial charge in [0.25, 0.3) is 0 Å². The Morgan fingerprint density at radius 1 is 1.50 bits per heavy atom. The van der Waals surface area contributed by atoms with Crippen LogP contribution in [0.25, 0.3) is 0 Å². The predicted molar refractivity (Wildman–Crippen MR) is 69.2 cm³/mol. The molecule has 4 heteroatoms. The first-order valence-electron chi connectivity index (χ1n) is 5.96. The van der Waals surface area contributed by atoms with Gasteiger partial charge in [0, 0.05) is 6.42 Å². The van der Waals surface area contributed by atoms with Crippen molar-refractivity contribution >= 4 is 5.97 Å². The summed E-state index contributed by atoms with van der Waals surface area (Å²) in [5.41, 5.74) is 5.22. The zero-order chi connectivity index (χ0) is 13.6. The van der Waals surface area contributed by atoms with Crippen LogP contribution in [0.1, 0.15) is 27.2 Å². The molecule has 1 aromatic rings. The van der Waals surface area contributed by atoms with E-state index in [0.29, 0.717) is 18.8 Å². The van der Waals surface area contributed by atoms with E-state index in [9.17, 15) is 4.79 Å². The highest BCUT2D eigenvalue weighted by Crippen LogP contribution is 2.11. The maximum atomic E-state index is 11.6. The van der Waals surface area contributed by atoms with Crippen LogP contribution in [0.5, 0.6) is 5.75 Å². The van der Waals surface area contributed by atoms with Gasteiger partial charge in [0.05, 0.1) is 6.61 Å². The summed E-state index contributed by atoms with van der Waals surface area (Å²) in [4.78, 5) is 11.6. The van der Waals surface area contributed by atoms with Gasteiger partial charge in [-0.3, -0.25) is 4.79 Å². The number of rotatable bonds is 5. The molecule has 99 valence electrons. The van der Waals surface area contributed by atoms with E-state index in [0.717, 1.165) is 0 Å². The van der Waals surface area contributed by atoms with Gasteiger partial charge in [0.1, 0.15) is 17.4 Å². The highest BCUT2D eigenvalue weighted by Gasteiger charge is 2.21. The monoisotopic (exact) mass is 250 g/mol. The van der Waals surface area contributed by atoms with Gasteiger partial charge < -0.3 is 15.2 Å². The van der Waals surface area contributed by atoms with Crippen LogP contribution >= 0.6 is 0 Å². The molecule has 0 aliphatic rings. The quantitative estimate of drug-likeness (QED) is 0.811. The molecule has 0 spiro atoms. The molecule has 1 aromatic carbocycles. The molecule has 0 aliphatic carbocycles. The van der Waals surface area contributed by atoms with Crippen molar-refractivity contribution < 1.29 is 14.3 Å². The van der Waals surface area contributed by atoms with Crippen LogP contribution in [0.2, 0.25) is 0 Å². The summed E-state index contributed by atoms with van der Waals surface area (Å²) in [5, 5.41) is 0. The summed E-state index contributed by atoms with van der Waals surface area (Å²) >= 11 is 0. The molecule has 1 radical (unpaired) electrons. The third kappa shape index (κ3) is 5.68. The molecular weight excluding hydrogens is 230 g/mol. The number of ether oxygens (including phenoxy) is 2. The maximum absolute atomic E-state index is 11.6. The van der Waals surface area contributed by atoms with Gasteiger partial charge in [0.15, 0.2) is 0 Å². The second-order valence-corrected chi connectivity index (χ2v) is 5.02. The minimum Gasteiger partial charge on any atom is -0.493 e. The molecule has 2 N–H and O–H groups in total. The van der Waals surface area contributed by atoms with Crippen molar-refractivity contribution in [3.8, 4) is 5.75 Å². The van der Waals surface area contributed by atoms with Crippen molar-refractivity contribution in [1.82, 2.24) is 0 Å². The Balaban J connectivity index is 2.29. The maximum Gasteiger partial charge on any atom is 0.323 e. The molecular formula is C14H20NO3. The Morgan fingerprint density at radius 3 is 2.78 bits per heavy atom. The van der Waals surface area contributed by atoms with E-state index in [1.165, 1.54) is 0 Å². The third-order valence-corrected chi connectivity index (χ3v) is 2.09. The molecule has 0 aromatic heterocycles. The summed E-state index contributed by atoms with van der Waals surface area (Å²) in [6.07, 6.45) is 0.420. The molecule has 1 rings (SSSR count). The highest BCUT2D eigenvalue weighted by molar-refractivity contribution is 5.75. The van der Waals surface area contributed by atoms with Gasteiger partial charge in [0.2, 0.25) is 0 Å². The van der Waals surface area contributed by atoms with Gasteiger partial charge in [-0.2, -0.15) is 0 Å². The SMILES string of the molecule is CC(C)(C)OC(=O)C(N)CCOc1c[c]ccc1. The Bertz CT molecular complexity index is 370. The van der Waals surface area contributed by atoms with Gasteiger partial charge in [-0.05, 0) is 39.0 Å². The molecule has 0 saturated heterocycles. The van der Waals surface area contributed by atoms with Crippen molar-refractivity contribution in [2.24, 2.45) is 5.73 Å². The molecule has 0 heterocycles. The van der Waals surface area contributed by atoms with Crippen molar-refractivity contribution in [2.75, 3.05) is 6.61 Å². The average molecular weight is 250 g/mol. The summed E-state index contributed by atoms with van der Waals surface area (Å²) in [5.74, 6) is 0.319. The van der Waals surface area contributed by atoms with Crippen LogP contribution in [0, 0.1) is 6.07 Å². The Morgan fingerprint density at radius 2 is 2.22 bits per heavy atom. The zero-order valence-corrected chi connectivity index (χ0v) is 11.1. The van der Waals surface area contributed by atoms with Crippen LogP contribution in [0.4, 0.5) is 0 Å². The number of carbonyl (C=O) groups is 1. The number of esters is 1. The van der Waals surface area contributed by atoms with Gasteiger partial charge >= 0.3 is 5.97 Å². The fourth-order valence-corrected chi connectivity index (χ4v) is 1.27. The largest absolute Gasteiger partial charge is 0.493 e. The fraction of sp³-hybridized carbons (Fsp3) is 0.500. The van der Waals surface area contributed by atoms with E-state index in [1.807, 2.05) is 32.9 Å². The van der Waals surface area contributed by atoms with Gasteiger partial charge in [-0.25, -0.2) is 0 Å². The van der Waals surface area contributed by atoms with Gasteiger partial charge in [-0.15, -0.1) is 0 Å². The van der Waals surface area contributed by atoms with Gasteiger partial charge in [-0.1, -0.05) is 12.1 Å². The van der Waals surface area contributed by atoms with Crippen molar-refractivity contribution in [3.63, 3.8) is 0 Å². The van der Waals surface area contributed by atoms with Crippen molar-refractivity contribution in [2.45, 2.75) is 38.8 Å². The molecule has 4 nitrogen and oxygen atoms in total. The fourth-order valence-electron chi connectivity index (χ4n) is 1.27. The first-order valence-corrected chi connectivity index (χ1v) is 5.96. The molecule has 0 aliphatic heterocycles. The van der Waals surface area contributed by atoms with E-state index >= 15 is 0 Å². The molecule has 0 bridgehead atoms. The molecule has 0 fully saturated rings. The molecule has 1 atom stereocenters. The second-order valence-electron chi connectivity index (χ2n) is 5.02. The lowest BCUT2D eigenvalue weighted by Crippen LogP contribution is -2.38. The number of nitrogens with two attached hydrogens (primary N) is 1. The molecule has 0 amide bonds. The molecule has 18 heavy (non-hydrogen) atoms. The summed E-state index contributed by atoms with van der Waals surface area (Å²) in [7, 11) is 0. The normalized spacial score (nSPS) is 12.9. The van der Waals surface area contributed by atoms with E-state index in [-0.39, 0.29) is 0 Å². The van der Waals surface area contributed by atoms with Crippen molar-refractivity contribution in [1.29, 1.82) is 0 Å². The lowest BCUT2D eigenvalue weighted by Gasteiger charge is -2.22. The number of hydrogen-bond donors (Lipinski definition) is 1. The Hall–Kier alpha value is -1.55. The van der Waals surface area contributed by atoms with E-state index in [2.05, 4.69) is 6.07 Å². The summed E-state index contributed by atoms with van der Waals surface area (Å²) in [6.45, 7) is 5.81. The Labute approximate surface area is 108 Å². The predicted octanol–water partition coefficient (Wildman–Crippen LogP) is 1.92. The smallest absolute Gasteiger partial charge is 0.323 e.